The third-order valence-corrected chi connectivity index (χ3v) is 4.86. The molecule has 0 unspecified atom stereocenters. The number of thiocarbonyl (C=S) groups is 1. The normalized spacial score (nSPS) is 15.7. The maximum Gasteiger partial charge on any atom is 0.335 e. The molecule has 0 atom stereocenters. The monoisotopic (exact) mass is 371 g/mol. The van der Waals surface area contributed by atoms with E-state index in [1.165, 1.54) is 28.8 Å². The smallest absolute Gasteiger partial charge is 0.335 e. The van der Waals surface area contributed by atoms with Crippen molar-refractivity contribution < 1.29 is 19.4 Å². The van der Waals surface area contributed by atoms with Crippen LogP contribution in [-0.2, 0) is 4.79 Å². The first-order valence-electron chi connectivity index (χ1n) is 7.25. The fourth-order valence-electron chi connectivity index (χ4n) is 2.31. The van der Waals surface area contributed by atoms with Crippen LogP contribution < -0.4 is 9.64 Å². The van der Waals surface area contributed by atoms with Crippen molar-refractivity contribution in [3.05, 3.63) is 64.6 Å². The van der Waals surface area contributed by atoms with Gasteiger partial charge in [-0.25, -0.2) is 4.79 Å². The van der Waals surface area contributed by atoms with Crippen molar-refractivity contribution in [2.24, 2.45) is 0 Å². The number of ether oxygens (including phenoxy) is 1. The van der Waals surface area contributed by atoms with Crippen molar-refractivity contribution in [1.29, 1.82) is 0 Å². The molecule has 1 heterocycles. The second-order valence-corrected chi connectivity index (χ2v) is 6.82. The Bertz CT molecular complexity index is 890. The lowest BCUT2D eigenvalue weighted by molar-refractivity contribution is -0.113. The van der Waals surface area contributed by atoms with E-state index >= 15 is 0 Å². The molecule has 0 saturated carbocycles. The minimum Gasteiger partial charge on any atom is -0.497 e. The molecule has 126 valence electrons. The van der Waals surface area contributed by atoms with E-state index in [-0.39, 0.29) is 11.5 Å². The summed E-state index contributed by atoms with van der Waals surface area (Å²) in [4.78, 5) is 25.5. The molecule has 1 saturated heterocycles. The van der Waals surface area contributed by atoms with Gasteiger partial charge in [-0.15, -0.1) is 0 Å². The Morgan fingerprint density at radius 2 is 1.96 bits per heavy atom. The van der Waals surface area contributed by atoms with E-state index in [0.29, 0.717) is 20.7 Å². The minimum absolute atomic E-state index is 0.195. The number of carboxylic acids is 1. The van der Waals surface area contributed by atoms with Crippen LogP contribution in [0.5, 0.6) is 5.75 Å². The van der Waals surface area contributed by atoms with Crippen LogP contribution in [0.25, 0.3) is 6.08 Å². The highest BCUT2D eigenvalue weighted by Gasteiger charge is 2.33. The number of benzene rings is 2. The van der Waals surface area contributed by atoms with Crippen LogP contribution >= 0.6 is 24.0 Å². The zero-order chi connectivity index (χ0) is 18.0. The Kier molecular flexibility index (Phi) is 4.87. The summed E-state index contributed by atoms with van der Waals surface area (Å²) in [5.74, 6) is -0.568. The van der Waals surface area contributed by atoms with Gasteiger partial charge in [-0.05, 0) is 35.9 Å². The van der Waals surface area contributed by atoms with Crippen LogP contribution in [0.2, 0.25) is 0 Å². The lowest BCUT2D eigenvalue weighted by atomic mass is 10.1. The molecule has 0 bridgehead atoms. The van der Waals surface area contributed by atoms with E-state index in [1.54, 1.807) is 49.6 Å². The van der Waals surface area contributed by atoms with Crippen LogP contribution in [-0.4, -0.2) is 28.4 Å². The van der Waals surface area contributed by atoms with Gasteiger partial charge >= 0.3 is 5.97 Å². The summed E-state index contributed by atoms with van der Waals surface area (Å²) in [6.45, 7) is 0. The number of aromatic carboxylic acids is 1. The Morgan fingerprint density at radius 3 is 2.60 bits per heavy atom. The molecule has 1 aliphatic rings. The number of nitrogens with zero attached hydrogens (tertiary/aromatic N) is 1. The van der Waals surface area contributed by atoms with E-state index < -0.39 is 5.97 Å². The quantitative estimate of drug-likeness (QED) is 0.651. The number of carboxylic acid groups (broad SMARTS) is 1. The molecular formula is C18H13NO4S2. The molecule has 0 aromatic heterocycles. The molecule has 1 N–H and O–H groups in total. The lowest BCUT2D eigenvalue weighted by Gasteiger charge is -2.15. The summed E-state index contributed by atoms with van der Waals surface area (Å²) in [6.07, 6.45) is 1.70. The summed E-state index contributed by atoms with van der Waals surface area (Å²) in [5.41, 5.74) is 1.57. The Morgan fingerprint density at radius 1 is 1.24 bits per heavy atom. The number of amides is 1. The first-order valence-corrected chi connectivity index (χ1v) is 8.47. The summed E-state index contributed by atoms with van der Waals surface area (Å²) in [7, 11) is 1.56. The SMILES string of the molecule is COc1cccc(N2C(=O)/C(=C/c3ccc(C(=O)O)cc3)SC2=S)c1. The van der Waals surface area contributed by atoms with Crippen molar-refractivity contribution in [3.63, 3.8) is 0 Å². The molecule has 3 rings (SSSR count). The predicted octanol–water partition coefficient (Wildman–Crippen LogP) is 3.80. The fourth-order valence-corrected chi connectivity index (χ4v) is 3.61. The second-order valence-electron chi connectivity index (χ2n) is 5.15. The second kappa shape index (κ2) is 7.08. The number of hydrogen-bond acceptors (Lipinski definition) is 5. The maximum absolute atomic E-state index is 12.7. The molecule has 25 heavy (non-hydrogen) atoms. The van der Waals surface area contributed by atoms with Crippen LogP contribution in [0.3, 0.4) is 0 Å². The van der Waals surface area contributed by atoms with Crippen molar-refractivity contribution in [2.45, 2.75) is 0 Å². The van der Waals surface area contributed by atoms with Gasteiger partial charge in [0.05, 0.1) is 23.3 Å². The average molecular weight is 371 g/mol. The highest BCUT2D eigenvalue weighted by molar-refractivity contribution is 8.27. The molecule has 0 aliphatic carbocycles. The van der Waals surface area contributed by atoms with Gasteiger partial charge in [0.15, 0.2) is 4.32 Å². The molecule has 0 radical (unpaired) electrons. The number of methoxy groups -OCH3 is 1. The third kappa shape index (κ3) is 3.57. The number of thioether (sulfide) groups is 1. The van der Waals surface area contributed by atoms with Gasteiger partial charge in [0.1, 0.15) is 5.75 Å². The minimum atomic E-state index is -0.990. The van der Waals surface area contributed by atoms with E-state index in [4.69, 9.17) is 22.1 Å². The Balaban J connectivity index is 1.88. The molecule has 1 fully saturated rings. The molecule has 2 aromatic carbocycles. The number of rotatable bonds is 4. The van der Waals surface area contributed by atoms with Gasteiger partial charge in [-0.2, -0.15) is 0 Å². The number of anilines is 1. The van der Waals surface area contributed by atoms with Gasteiger partial charge in [0, 0.05) is 6.07 Å². The van der Waals surface area contributed by atoms with Crippen molar-refractivity contribution in [3.8, 4) is 5.75 Å². The largest absolute Gasteiger partial charge is 0.497 e. The van der Waals surface area contributed by atoms with Crippen LogP contribution in [0.15, 0.2) is 53.4 Å². The highest BCUT2D eigenvalue weighted by atomic mass is 32.2. The average Bonchev–Trinajstić information content (AvgIpc) is 2.89. The van der Waals surface area contributed by atoms with Crippen LogP contribution in [0, 0.1) is 0 Å². The van der Waals surface area contributed by atoms with Crippen LogP contribution in [0.4, 0.5) is 5.69 Å². The number of carbonyl (C=O) groups is 2. The Labute approximate surface area is 153 Å². The van der Waals surface area contributed by atoms with Gasteiger partial charge in [-0.1, -0.05) is 42.2 Å². The predicted molar refractivity (Wildman–Crippen MR) is 102 cm³/mol. The first kappa shape index (κ1) is 17.2. The molecule has 7 heteroatoms. The summed E-state index contributed by atoms with van der Waals surface area (Å²) in [6, 6.07) is 13.4. The van der Waals surface area contributed by atoms with Gasteiger partial charge in [0.2, 0.25) is 0 Å². The van der Waals surface area contributed by atoms with E-state index in [1.807, 2.05) is 0 Å². The first-order chi connectivity index (χ1) is 12.0. The van der Waals surface area contributed by atoms with Gasteiger partial charge in [0.25, 0.3) is 5.91 Å². The summed E-state index contributed by atoms with van der Waals surface area (Å²) in [5, 5.41) is 8.93. The van der Waals surface area contributed by atoms with Gasteiger partial charge < -0.3 is 9.84 Å². The van der Waals surface area contributed by atoms with Crippen LogP contribution in [0.1, 0.15) is 15.9 Å². The molecule has 5 nitrogen and oxygen atoms in total. The topological polar surface area (TPSA) is 66.8 Å². The van der Waals surface area contributed by atoms with E-state index in [2.05, 4.69) is 0 Å². The van der Waals surface area contributed by atoms with Gasteiger partial charge in [-0.3, -0.25) is 9.69 Å². The summed E-state index contributed by atoms with van der Waals surface area (Å²) >= 11 is 6.54. The highest BCUT2D eigenvalue weighted by Crippen LogP contribution is 2.36. The standard InChI is InChI=1S/C18H13NO4S2/c1-23-14-4-2-3-13(10-14)19-16(20)15(25-18(19)24)9-11-5-7-12(8-6-11)17(21)22/h2-10H,1H3,(H,21,22)/b15-9-. The maximum atomic E-state index is 12.7. The molecule has 1 amide bonds. The fraction of sp³-hybridized carbons (Fsp3) is 0.0556. The van der Waals surface area contributed by atoms with Crippen molar-refractivity contribution in [2.75, 3.05) is 12.0 Å². The van der Waals surface area contributed by atoms with Crippen molar-refractivity contribution in [1.82, 2.24) is 0 Å². The molecular weight excluding hydrogens is 358 g/mol. The number of carbonyl (C=O) groups excluding carboxylic acids is 1. The molecule has 1 aliphatic heterocycles. The lowest BCUT2D eigenvalue weighted by Crippen LogP contribution is -2.27. The zero-order valence-corrected chi connectivity index (χ0v) is 14.8. The van der Waals surface area contributed by atoms with Crippen molar-refractivity contribution >= 4 is 51.9 Å². The number of hydrogen-bond donors (Lipinski definition) is 1. The zero-order valence-electron chi connectivity index (χ0n) is 13.1. The third-order valence-electron chi connectivity index (χ3n) is 3.56. The summed E-state index contributed by atoms with van der Waals surface area (Å²) < 4.78 is 5.62. The van der Waals surface area contributed by atoms with E-state index in [0.717, 1.165) is 5.56 Å². The molecule has 2 aromatic rings. The van der Waals surface area contributed by atoms with E-state index in [9.17, 15) is 9.59 Å². The molecule has 0 spiro atoms. The Hall–Kier alpha value is -2.64.